The van der Waals surface area contributed by atoms with Crippen molar-refractivity contribution in [2.24, 2.45) is 0 Å². The largest absolute Gasteiger partial charge is 0.314 e. The van der Waals surface area contributed by atoms with Gasteiger partial charge in [-0.25, -0.2) is 0 Å². The van der Waals surface area contributed by atoms with Gasteiger partial charge in [-0.2, -0.15) is 0 Å². The first-order valence-corrected chi connectivity index (χ1v) is 4.17. The van der Waals surface area contributed by atoms with E-state index in [1.165, 1.54) is 6.92 Å². The van der Waals surface area contributed by atoms with Gasteiger partial charge in [0.05, 0.1) is 0 Å². The SMILES string of the molecule is CC(=O)N[SH]1C=CC=C1. The molecule has 0 radical (unpaired) electrons. The normalized spacial score (nSPS) is 18.6. The molecule has 1 aliphatic heterocycles. The highest BCUT2D eigenvalue weighted by molar-refractivity contribution is 8.21. The van der Waals surface area contributed by atoms with Gasteiger partial charge in [-0.15, -0.1) is 11.1 Å². The van der Waals surface area contributed by atoms with Crippen LogP contribution in [0.4, 0.5) is 0 Å². The lowest BCUT2D eigenvalue weighted by atomic mass is 10.6. The Bertz CT molecular complexity index is 162. The molecule has 1 aliphatic rings. The minimum Gasteiger partial charge on any atom is -0.314 e. The maximum Gasteiger partial charge on any atom is 0.225 e. The molecule has 50 valence electrons. The highest BCUT2D eigenvalue weighted by atomic mass is 32.2. The average molecular weight is 143 g/mol. The molecule has 1 rings (SSSR count). The summed E-state index contributed by atoms with van der Waals surface area (Å²) >= 11 is -0.445. The minimum absolute atomic E-state index is 0.0392. The Labute approximate surface area is 57.1 Å². The van der Waals surface area contributed by atoms with Crippen molar-refractivity contribution in [3.8, 4) is 0 Å². The van der Waals surface area contributed by atoms with Crippen LogP contribution >= 0.6 is 11.1 Å². The number of hydrogen-bond donors (Lipinski definition) is 2. The molecule has 9 heavy (non-hydrogen) atoms. The van der Waals surface area contributed by atoms with E-state index < -0.39 is 11.1 Å². The summed E-state index contributed by atoms with van der Waals surface area (Å²) in [5.41, 5.74) is 0. The maximum absolute atomic E-state index is 10.4. The summed E-state index contributed by atoms with van der Waals surface area (Å²) in [6.45, 7) is 1.53. The third-order valence-electron chi connectivity index (χ3n) is 0.891. The van der Waals surface area contributed by atoms with Gasteiger partial charge in [-0.05, 0) is 10.8 Å². The predicted molar refractivity (Wildman–Crippen MR) is 41.1 cm³/mol. The lowest BCUT2D eigenvalue weighted by Gasteiger charge is -2.08. The molecule has 1 amide bonds. The minimum atomic E-state index is -0.445. The van der Waals surface area contributed by atoms with Crippen LogP contribution in [0.2, 0.25) is 0 Å². The Balaban J connectivity index is 2.37. The molecule has 0 aliphatic carbocycles. The van der Waals surface area contributed by atoms with Crippen LogP contribution < -0.4 is 4.72 Å². The smallest absolute Gasteiger partial charge is 0.225 e. The van der Waals surface area contributed by atoms with Crippen molar-refractivity contribution in [1.29, 1.82) is 0 Å². The average Bonchev–Trinajstić information content (AvgIpc) is 2.15. The molecule has 0 fully saturated rings. The van der Waals surface area contributed by atoms with Gasteiger partial charge in [-0.3, -0.25) is 4.79 Å². The van der Waals surface area contributed by atoms with E-state index in [9.17, 15) is 4.79 Å². The number of carbonyl (C=O) groups is 1. The van der Waals surface area contributed by atoms with Gasteiger partial charge >= 0.3 is 0 Å². The van der Waals surface area contributed by atoms with Crippen LogP contribution in [0.15, 0.2) is 23.0 Å². The van der Waals surface area contributed by atoms with E-state index in [1.54, 1.807) is 0 Å². The first kappa shape index (κ1) is 6.42. The number of rotatable bonds is 1. The summed E-state index contributed by atoms with van der Waals surface area (Å²) in [4.78, 5) is 10.4. The Morgan fingerprint density at radius 2 is 2.00 bits per heavy atom. The zero-order chi connectivity index (χ0) is 6.69. The standard InChI is InChI=1S/C6H9NOS/c1-6(8)7-9-4-2-3-5-9/h2-5,9H,1H3,(H,7,8). The van der Waals surface area contributed by atoms with Gasteiger partial charge in [0.2, 0.25) is 5.91 Å². The fraction of sp³-hybridized carbons (Fsp3) is 0.167. The molecule has 0 unspecified atom stereocenters. The van der Waals surface area contributed by atoms with E-state index in [2.05, 4.69) is 4.72 Å². The predicted octanol–water partition coefficient (Wildman–Crippen LogP) is 1.08. The second-order valence-electron chi connectivity index (χ2n) is 1.76. The summed E-state index contributed by atoms with van der Waals surface area (Å²) in [6.07, 6.45) is 3.89. The molecule has 0 aromatic heterocycles. The lowest BCUT2D eigenvalue weighted by molar-refractivity contribution is -0.117. The van der Waals surface area contributed by atoms with Crippen molar-refractivity contribution >= 4 is 17.0 Å². The third kappa shape index (κ3) is 1.93. The summed E-state index contributed by atoms with van der Waals surface area (Å²) < 4.78 is 2.79. The molecule has 0 spiro atoms. The monoisotopic (exact) mass is 143 g/mol. The van der Waals surface area contributed by atoms with E-state index in [0.717, 1.165) is 0 Å². The Hall–Kier alpha value is -0.700. The van der Waals surface area contributed by atoms with Crippen LogP contribution in [0.1, 0.15) is 6.92 Å². The van der Waals surface area contributed by atoms with Crippen LogP contribution in [0.25, 0.3) is 0 Å². The zero-order valence-corrected chi connectivity index (χ0v) is 6.06. The topological polar surface area (TPSA) is 29.1 Å². The molecule has 2 nitrogen and oxygen atoms in total. The van der Waals surface area contributed by atoms with E-state index in [0.29, 0.717) is 0 Å². The van der Waals surface area contributed by atoms with Gasteiger partial charge in [0.25, 0.3) is 0 Å². The van der Waals surface area contributed by atoms with Crippen LogP contribution in [0, 0.1) is 0 Å². The summed E-state index contributed by atoms with van der Waals surface area (Å²) in [6, 6.07) is 0. The first-order chi connectivity index (χ1) is 4.29. The number of hydrogen-bond acceptors (Lipinski definition) is 1. The molecule has 0 aromatic rings. The first-order valence-electron chi connectivity index (χ1n) is 2.69. The summed E-state index contributed by atoms with van der Waals surface area (Å²) in [7, 11) is 0. The number of amides is 1. The van der Waals surface area contributed by atoms with Crippen LogP contribution in [0.5, 0.6) is 0 Å². The number of thiol groups is 1. The molecule has 3 heteroatoms. The van der Waals surface area contributed by atoms with Crippen molar-refractivity contribution in [3.63, 3.8) is 0 Å². The Morgan fingerprint density at radius 3 is 2.44 bits per heavy atom. The molecular weight excluding hydrogens is 134 g/mol. The number of allylic oxidation sites excluding steroid dienone is 2. The van der Waals surface area contributed by atoms with E-state index in [-0.39, 0.29) is 5.91 Å². The summed E-state index contributed by atoms with van der Waals surface area (Å²) in [5.74, 6) is 0.0392. The van der Waals surface area contributed by atoms with Gasteiger partial charge in [0.15, 0.2) is 0 Å². The quantitative estimate of drug-likeness (QED) is 0.528. The van der Waals surface area contributed by atoms with Gasteiger partial charge < -0.3 is 4.72 Å². The van der Waals surface area contributed by atoms with Crippen molar-refractivity contribution in [1.82, 2.24) is 4.72 Å². The number of nitrogens with one attached hydrogen (secondary N) is 1. The fourth-order valence-corrected chi connectivity index (χ4v) is 1.77. The molecule has 0 saturated carbocycles. The van der Waals surface area contributed by atoms with E-state index in [4.69, 9.17) is 0 Å². The van der Waals surface area contributed by atoms with Crippen molar-refractivity contribution in [2.45, 2.75) is 6.92 Å². The summed E-state index contributed by atoms with van der Waals surface area (Å²) in [5, 5.41) is 3.99. The Morgan fingerprint density at radius 1 is 1.44 bits per heavy atom. The molecular formula is C6H9NOS. The van der Waals surface area contributed by atoms with Crippen molar-refractivity contribution in [3.05, 3.63) is 23.0 Å². The maximum atomic E-state index is 10.4. The van der Waals surface area contributed by atoms with Gasteiger partial charge in [0, 0.05) is 6.92 Å². The second-order valence-corrected chi connectivity index (χ2v) is 3.39. The van der Waals surface area contributed by atoms with Gasteiger partial charge in [0.1, 0.15) is 0 Å². The molecule has 1 heterocycles. The van der Waals surface area contributed by atoms with Crippen molar-refractivity contribution in [2.75, 3.05) is 0 Å². The third-order valence-corrected chi connectivity index (χ3v) is 2.45. The molecule has 0 saturated heterocycles. The van der Waals surface area contributed by atoms with Crippen LogP contribution in [-0.2, 0) is 4.79 Å². The highest BCUT2D eigenvalue weighted by Gasteiger charge is 1.97. The number of carbonyl (C=O) groups excluding carboxylic acids is 1. The van der Waals surface area contributed by atoms with Crippen molar-refractivity contribution < 1.29 is 4.79 Å². The van der Waals surface area contributed by atoms with Crippen LogP contribution in [-0.4, -0.2) is 5.91 Å². The molecule has 0 bridgehead atoms. The lowest BCUT2D eigenvalue weighted by Crippen LogP contribution is -2.12. The molecule has 0 atom stereocenters. The zero-order valence-electron chi connectivity index (χ0n) is 5.16. The highest BCUT2D eigenvalue weighted by Crippen LogP contribution is 2.27. The Kier molecular flexibility index (Phi) is 1.95. The molecule has 1 N–H and O–H groups in total. The van der Waals surface area contributed by atoms with E-state index >= 15 is 0 Å². The van der Waals surface area contributed by atoms with E-state index in [1.807, 2.05) is 23.0 Å². The molecule has 0 aromatic carbocycles. The fourth-order valence-electron chi connectivity index (χ4n) is 0.591. The second kappa shape index (κ2) is 2.73. The van der Waals surface area contributed by atoms with Crippen LogP contribution in [0.3, 0.4) is 0 Å². The van der Waals surface area contributed by atoms with Gasteiger partial charge in [-0.1, -0.05) is 12.2 Å².